The van der Waals surface area contributed by atoms with E-state index in [0.29, 0.717) is 35.7 Å². The second-order valence-corrected chi connectivity index (χ2v) is 8.39. The first kappa shape index (κ1) is 13.7. The molecule has 0 N–H and O–H groups in total. The van der Waals surface area contributed by atoms with Gasteiger partial charge in [-0.05, 0) is 55.3 Å². The molecule has 0 aromatic rings. The van der Waals surface area contributed by atoms with Crippen molar-refractivity contribution in [3.8, 4) is 0 Å². The second-order valence-electron chi connectivity index (χ2n) is 8.39. The summed E-state index contributed by atoms with van der Waals surface area (Å²) in [5.41, 5.74) is 1.63. The molecule has 0 aromatic carbocycles. The molecule has 5 unspecified atom stereocenters. The van der Waals surface area contributed by atoms with E-state index in [1.54, 1.807) is 0 Å². The van der Waals surface area contributed by atoms with Crippen LogP contribution in [0.4, 0.5) is 0 Å². The van der Waals surface area contributed by atoms with E-state index in [1.165, 1.54) is 12.0 Å². The van der Waals surface area contributed by atoms with Crippen molar-refractivity contribution < 1.29 is 9.59 Å². The van der Waals surface area contributed by atoms with E-state index in [2.05, 4.69) is 19.9 Å². The van der Waals surface area contributed by atoms with Gasteiger partial charge in [0.1, 0.15) is 11.6 Å². The van der Waals surface area contributed by atoms with Crippen molar-refractivity contribution in [2.24, 2.45) is 28.6 Å². The highest BCUT2D eigenvalue weighted by Gasteiger charge is 2.58. The lowest BCUT2D eigenvalue weighted by Crippen LogP contribution is -2.50. The Morgan fingerprint density at radius 3 is 2.57 bits per heavy atom. The van der Waals surface area contributed by atoms with Crippen LogP contribution < -0.4 is 0 Å². The SMILES string of the molecule is CC12CCC3C(CC=C4CC(=O)CCC43C)C1CCC2=O. The van der Waals surface area contributed by atoms with Crippen molar-refractivity contribution in [3.63, 3.8) is 0 Å². The number of hydrogen-bond acceptors (Lipinski definition) is 2. The molecule has 114 valence electrons. The minimum atomic E-state index is -0.0344. The van der Waals surface area contributed by atoms with Gasteiger partial charge in [-0.15, -0.1) is 0 Å². The molecule has 2 nitrogen and oxygen atoms in total. The van der Waals surface area contributed by atoms with Crippen molar-refractivity contribution in [3.05, 3.63) is 11.6 Å². The molecule has 0 aromatic heterocycles. The van der Waals surface area contributed by atoms with Crippen molar-refractivity contribution in [2.75, 3.05) is 0 Å². The van der Waals surface area contributed by atoms with Gasteiger partial charge < -0.3 is 0 Å². The fraction of sp³-hybridized carbons (Fsp3) is 0.789. The topological polar surface area (TPSA) is 34.1 Å². The molecule has 5 atom stereocenters. The molecule has 4 aliphatic rings. The van der Waals surface area contributed by atoms with Gasteiger partial charge >= 0.3 is 0 Å². The van der Waals surface area contributed by atoms with Crippen LogP contribution in [-0.2, 0) is 9.59 Å². The summed E-state index contributed by atoms with van der Waals surface area (Å²) in [6, 6.07) is 0. The van der Waals surface area contributed by atoms with Crippen molar-refractivity contribution in [1.82, 2.24) is 0 Å². The molecule has 0 aliphatic heterocycles. The minimum Gasteiger partial charge on any atom is -0.299 e. The number of ketones is 2. The second kappa shape index (κ2) is 4.30. The quantitative estimate of drug-likeness (QED) is 0.629. The fourth-order valence-electron chi connectivity index (χ4n) is 6.25. The predicted molar refractivity (Wildman–Crippen MR) is 81.7 cm³/mol. The van der Waals surface area contributed by atoms with Gasteiger partial charge in [-0.3, -0.25) is 9.59 Å². The number of rotatable bonds is 0. The summed E-state index contributed by atoms with van der Waals surface area (Å²) in [6.45, 7) is 4.64. The number of carbonyl (C=O) groups is 2. The molecule has 0 saturated heterocycles. The molecule has 3 fully saturated rings. The summed E-state index contributed by atoms with van der Waals surface area (Å²) in [6.07, 6.45) is 10.2. The Bertz CT molecular complexity index is 546. The van der Waals surface area contributed by atoms with E-state index in [0.717, 1.165) is 38.5 Å². The van der Waals surface area contributed by atoms with E-state index >= 15 is 0 Å². The third-order valence-electron chi connectivity index (χ3n) is 7.65. The first-order valence-corrected chi connectivity index (χ1v) is 8.70. The van der Waals surface area contributed by atoms with Crippen LogP contribution in [0, 0.1) is 28.6 Å². The Balaban J connectivity index is 1.71. The molecule has 4 rings (SSSR count). The van der Waals surface area contributed by atoms with E-state index in [1.807, 2.05) is 0 Å². The van der Waals surface area contributed by atoms with E-state index < -0.39 is 0 Å². The molecule has 4 aliphatic carbocycles. The van der Waals surface area contributed by atoms with Gasteiger partial charge in [-0.1, -0.05) is 25.5 Å². The lowest BCUT2D eigenvalue weighted by Gasteiger charge is -2.56. The summed E-state index contributed by atoms with van der Waals surface area (Å²) in [5, 5.41) is 0. The lowest BCUT2D eigenvalue weighted by atomic mass is 9.48. The van der Waals surface area contributed by atoms with Crippen molar-refractivity contribution in [1.29, 1.82) is 0 Å². The summed E-state index contributed by atoms with van der Waals surface area (Å²) >= 11 is 0. The van der Waals surface area contributed by atoms with Gasteiger partial charge in [0.25, 0.3) is 0 Å². The Labute approximate surface area is 127 Å². The number of carbonyl (C=O) groups excluding carboxylic acids is 2. The molecular formula is C19H26O2. The van der Waals surface area contributed by atoms with Crippen LogP contribution in [0.25, 0.3) is 0 Å². The van der Waals surface area contributed by atoms with Crippen molar-refractivity contribution >= 4 is 11.6 Å². The maximum Gasteiger partial charge on any atom is 0.139 e. The molecule has 0 radical (unpaired) electrons. The molecule has 0 bridgehead atoms. The van der Waals surface area contributed by atoms with Crippen LogP contribution in [-0.4, -0.2) is 11.6 Å². The maximum absolute atomic E-state index is 12.4. The van der Waals surface area contributed by atoms with E-state index in [4.69, 9.17) is 0 Å². The maximum atomic E-state index is 12.4. The number of allylic oxidation sites excluding steroid dienone is 2. The Morgan fingerprint density at radius 1 is 1.00 bits per heavy atom. The zero-order valence-corrected chi connectivity index (χ0v) is 13.3. The molecule has 0 amide bonds. The van der Waals surface area contributed by atoms with Crippen LogP contribution in [0.15, 0.2) is 11.6 Å². The predicted octanol–water partition coefficient (Wildman–Crippen LogP) is 4.09. The van der Waals surface area contributed by atoms with Crippen LogP contribution in [0.5, 0.6) is 0 Å². The molecule has 0 heterocycles. The molecule has 21 heavy (non-hydrogen) atoms. The van der Waals surface area contributed by atoms with Gasteiger partial charge in [0.15, 0.2) is 0 Å². The third kappa shape index (κ3) is 1.71. The van der Waals surface area contributed by atoms with Gasteiger partial charge in [0, 0.05) is 24.7 Å². The highest BCUT2D eigenvalue weighted by atomic mass is 16.1. The summed E-state index contributed by atoms with van der Waals surface area (Å²) < 4.78 is 0. The first-order valence-electron chi connectivity index (χ1n) is 8.70. The minimum absolute atomic E-state index is 0.0344. The zero-order chi connectivity index (χ0) is 14.8. The normalized spacial score (nSPS) is 49.2. The van der Waals surface area contributed by atoms with E-state index in [9.17, 15) is 9.59 Å². The van der Waals surface area contributed by atoms with Crippen LogP contribution >= 0.6 is 0 Å². The van der Waals surface area contributed by atoms with Crippen LogP contribution in [0.1, 0.15) is 65.2 Å². The number of hydrogen-bond donors (Lipinski definition) is 0. The zero-order valence-electron chi connectivity index (χ0n) is 13.3. The van der Waals surface area contributed by atoms with Gasteiger partial charge in [-0.25, -0.2) is 0 Å². The lowest BCUT2D eigenvalue weighted by molar-refractivity contribution is -0.132. The first-order chi connectivity index (χ1) is 9.95. The van der Waals surface area contributed by atoms with Crippen LogP contribution in [0.2, 0.25) is 0 Å². The summed E-state index contributed by atoms with van der Waals surface area (Å²) in [4.78, 5) is 24.2. The third-order valence-corrected chi connectivity index (χ3v) is 7.65. The highest BCUT2D eigenvalue weighted by molar-refractivity contribution is 5.87. The monoisotopic (exact) mass is 286 g/mol. The summed E-state index contributed by atoms with van der Waals surface area (Å²) in [7, 11) is 0. The van der Waals surface area contributed by atoms with E-state index in [-0.39, 0.29) is 10.8 Å². The highest BCUT2D eigenvalue weighted by Crippen LogP contribution is 2.63. The summed E-state index contributed by atoms with van der Waals surface area (Å²) in [5.74, 6) is 2.92. The Hall–Kier alpha value is -0.920. The average molecular weight is 286 g/mol. The van der Waals surface area contributed by atoms with Gasteiger partial charge in [0.05, 0.1) is 0 Å². The Morgan fingerprint density at radius 2 is 1.76 bits per heavy atom. The smallest absolute Gasteiger partial charge is 0.139 e. The molecular weight excluding hydrogens is 260 g/mol. The molecule has 2 heteroatoms. The standard InChI is InChI=1S/C19H26O2/c1-18-9-7-13(20)11-12(18)3-4-14-15-5-6-17(21)19(15,2)10-8-16(14)18/h3,14-16H,4-11H2,1-2H3. The number of fused-ring (bicyclic) bond motifs is 5. The molecule has 3 saturated carbocycles. The largest absolute Gasteiger partial charge is 0.299 e. The van der Waals surface area contributed by atoms with Gasteiger partial charge in [0.2, 0.25) is 0 Å². The Kier molecular flexibility index (Phi) is 2.81. The average Bonchev–Trinajstić information content (AvgIpc) is 2.76. The van der Waals surface area contributed by atoms with Crippen LogP contribution in [0.3, 0.4) is 0 Å². The van der Waals surface area contributed by atoms with Crippen molar-refractivity contribution in [2.45, 2.75) is 65.2 Å². The van der Waals surface area contributed by atoms with Gasteiger partial charge in [-0.2, -0.15) is 0 Å². The fourth-order valence-corrected chi connectivity index (χ4v) is 6.25. The molecule has 0 spiro atoms. The number of Topliss-reactive ketones (excluding diaryl/α,β-unsaturated/α-hetero) is 2.